The van der Waals surface area contributed by atoms with E-state index in [2.05, 4.69) is 40.6 Å². The minimum absolute atomic E-state index is 0.751. The van der Waals surface area contributed by atoms with Gasteiger partial charge in [0.1, 0.15) is 0 Å². The SMILES string of the molecule is CCc1csc(NCc2ncccc2CC)n1. The molecule has 0 spiro atoms. The molecule has 3 nitrogen and oxygen atoms in total. The molecule has 4 heteroatoms. The highest BCUT2D eigenvalue weighted by molar-refractivity contribution is 7.13. The summed E-state index contributed by atoms with van der Waals surface area (Å²) in [6.07, 6.45) is 3.85. The van der Waals surface area contributed by atoms with Crippen molar-refractivity contribution in [2.24, 2.45) is 0 Å². The van der Waals surface area contributed by atoms with Gasteiger partial charge in [-0.1, -0.05) is 19.9 Å². The molecular formula is C13H17N3S. The fourth-order valence-electron chi connectivity index (χ4n) is 1.66. The van der Waals surface area contributed by atoms with Crippen molar-refractivity contribution in [2.45, 2.75) is 33.2 Å². The Labute approximate surface area is 106 Å². The maximum atomic E-state index is 4.48. The number of aromatic nitrogens is 2. The van der Waals surface area contributed by atoms with Crippen LogP contribution >= 0.6 is 11.3 Å². The Morgan fingerprint density at radius 3 is 2.88 bits per heavy atom. The second-order valence-corrected chi connectivity index (χ2v) is 4.67. The molecular weight excluding hydrogens is 230 g/mol. The van der Waals surface area contributed by atoms with Crippen molar-refractivity contribution >= 4 is 16.5 Å². The van der Waals surface area contributed by atoms with E-state index in [-0.39, 0.29) is 0 Å². The number of thiazole rings is 1. The first kappa shape index (κ1) is 12.0. The van der Waals surface area contributed by atoms with E-state index in [0.717, 1.165) is 35.9 Å². The predicted molar refractivity (Wildman–Crippen MR) is 72.4 cm³/mol. The lowest BCUT2D eigenvalue weighted by molar-refractivity contribution is 0.964. The molecule has 90 valence electrons. The van der Waals surface area contributed by atoms with Crippen LogP contribution in [0, 0.1) is 0 Å². The fraction of sp³-hybridized carbons (Fsp3) is 0.385. The minimum atomic E-state index is 0.751. The van der Waals surface area contributed by atoms with Crippen LogP contribution in [0.2, 0.25) is 0 Å². The van der Waals surface area contributed by atoms with E-state index < -0.39 is 0 Å². The average Bonchev–Trinajstić information content (AvgIpc) is 2.84. The van der Waals surface area contributed by atoms with Crippen LogP contribution in [0.25, 0.3) is 0 Å². The standard InChI is InChI=1S/C13H17N3S/c1-3-10-6-5-7-14-12(10)8-15-13-16-11(4-2)9-17-13/h5-7,9H,3-4,8H2,1-2H3,(H,15,16). The third kappa shape index (κ3) is 3.03. The van der Waals surface area contributed by atoms with Crippen molar-refractivity contribution in [3.63, 3.8) is 0 Å². The zero-order valence-corrected chi connectivity index (χ0v) is 11.0. The summed E-state index contributed by atoms with van der Waals surface area (Å²) in [7, 11) is 0. The molecule has 0 saturated carbocycles. The van der Waals surface area contributed by atoms with E-state index in [1.54, 1.807) is 11.3 Å². The first-order chi connectivity index (χ1) is 8.33. The number of aryl methyl sites for hydroxylation is 2. The van der Waals surface area contributed by atoms with Crippen molar-refractivity contribution in [2.75, 3.05) is 5.32 Å². The summed E-state index contributed by atoms with van der Waals surface area (Å²) in [6.45, 7) is 5.02. The molecule has 2 heterocycles. The van der Waals surface area contributed by atoms with Gasteiger partial charge in [-0.25, -0.2) is 4.98 Å². The Morgan fingerprint density at radius 2 is 2.18 bits per heavy atom. The van der Waals surface area contributed by atoms with Gasteiger partial charge in [-0.2, -0.15) is 0 Å². The molecule has 0 fully saturated rings. The molecule has 1 N–H and O–H groups in total. The summed E-state index contributed by atoms with van der Waals surface area (Å²) in [5.41, 5.74) is 3.56. The number of hydrogen-bond donors (Lipinski definition) is 1. The zero-order valence-electron chi connectivity index (χ0n) is 10.2. The number of pyridine rings is 1. The highest BCUT2D eigenvalue weighted by atomic mass is 32.1. The highest BCUT2D eigenvalue weighted by Gasteiger charge is 2.03. The summed E-state index contributed by atoms with van der Waals surface area (Å²) < 4.78 is 0. The maximum Gasteiger partial charge on any atom is 0.183 e. The molecule has 0 saturated heterocycles. The van der Waals surface area contributed by atoms with Gasteiger partial charge in [0.25, 0.3) is 0 Å². The van der Waals surface area contributed by atoms with Gasteiger partial charge in [-0.3, -0.25) is 4.98 Å². The summed E-state index contributed by atoms with van der Waals surface area (Å²) in [6, 6.07) is 4.12. The van der Waals surface area contributed by atoms with Gasteiger partial charge >= 0.3 is 0 Å². The number of rotatable bonds is 5. The van der Waals surface area contributed by atoms with Crippen LogP contribution < -0.4 is 5.32 Å². The average molecular weight is 247 g/mol. The van der Waals surface area contributed by atoms with Crippen molar-refractivity contribution in [1.82, 2.24) is 9.97 Å². The molecule has 2 aromatic rings. The van der Waals surface area contributed by atoms with E-state index >= 15 is 0 Å². The summed E-state index contributed by atoms with van der Waals surface area (Å²) >= 11 is 1.66. The largest absolute Gasteiger partial charge is 0.356 e. The van der Waals surface area contributed by atoms with E-state index in [1.165, 1.54) is 5.56 Å². The number of nitrogens with zero attached hydrogens (tertiary/aromatic N) is 2. The monoisotopic (exact) mass is 247 g/mol. The molecule has 2 rings (SSSR count). The number of anilines is 1. The lowest BCUT2D eigenvalue weighted by atomic mass is 10.1. The molecule has 0 radical (unpaired) electrons. The normalized spacial score (nSPS) is 10.5. The maximum absolute atomic E-state index is 4.48. The molecule has 0 aliphatic rings. The van der Waals surface area contributed by atoms with Crippen LogP contribution in [0.4, 0.5) is 5.13 Å². The van der Waals surface area contributed by atoms with Gasteiger partial charge in [0.15, 0.2) is 5.13 Å². The summed E-state index contributed by atoms with van der Waals surface area (Å²) in [5.74, 6) is 0. The van der Waals surface area contributed by atoms with Crippen LogP contribution in [-0.2, 0) is 19.4 Å². The molecule has 0 bridgehead atoms. The van der Waals surface area contributed by atoms with Crippen molar-refractivity contribution in [3.8, 4) is 0 Å². The smallest absolute Gasteiger partial charge is 0.183 e. The number of hydrogen-bond acceptors (Lipinski definition) is 4. The van der Waals surface area contributed by atoms with Gasteiger partial charge in [0, 0.05) is 11.6 Å². The van der Waals surface area contributed by atoms with Crippen molar-refractivity contribution in [1.29, 1.82) is 0 Å². The van der Waals surface area contributed by atoms with E-state index in [0.29, 0.717) is 0 Å². The molecule has 0 aromatic carbocycles. The van der Waals surface area contributed by atoms with Crippen LogP contribution in [0.15, 0.2) is 23.7 Å². The third-order valence-corrected chi connectivity index (χ3v) is 3.54. The van der Waals surface area contributed by atoms with Gasteiger partial charge in [-0.15, -0.1) is 11.3 Å². The lowest BCUT2D eigenvalue weighted by Crippen LogP contribution is -2.04. The molecule has 2 aromatic heterocycles. The van der Waals surface area contributed by atoms with E-state index in [4.69, 9.17) is 0 Å². The van der Waals surface area contributed by atoms with Crippen LogP contribution in [-0.4, -0.2) is 9.97 Å². The van der Waals surface area contributed by atoms with Gasteiger partial charge in [-0.05, 0) is 24.5 Å². The summed E-state index contributed by atoms with van der Waals surface area (Å²) in [4.78, 5) is 8.88. The Balaban J connectivity index is 2.01. The van der Waals surface area contributed by atoms with Crippen molar-refractivity contribution in [3.05, 3.63) is 40.7 Å². The molecule has 0 aliphatic carbocycles. The second-order valence-electron chi connectivity index (χ2n) is 3.81. The lowest BCUT2D eigenvalue weighted by Gasteiger charge is -2.06. The Bertz CT molecular complexity index is 479. The Hall–Kier alpha value is -1.42. The molecule has 0 atom stereocenters. The second kappa shape index (κ2) is 5.77. The van der Waals surface area contributed by atoms with Gasteiger partial charge < -0.3 is 5.32 Å². The summed E-state index contributed by atoms with van der Waals surface area (Å²) in [5, 5.41) is 6.42. The first-order valence-electron chi connectivity index (χ1n) is 5.94. The minimum Gasteiger partial charge on any atom is -0.356 e. The van der Waals surface area contributed by atoms with E-state index in [9.17, 15) is 0 Å². The first-order valence-corrected chi connectivity index (χ1v) is 6.82. The quantitative estimate of drug-likeness (QED) is 0.881. The molecule has 0 aliphatic heterocycles. The highest BCUT2D eigenvalue weighted by Crippen LogP contribution is 2.17. The fourth-order valence-corrected chi connectivity index (χ4v) is 2.45. The van der Waals surface area contributed by atoms with Gasteiger partial charge in [0.05, 0.1) is 17.9 Å². The van der Waals surface area contributed by atoms with Gasteiger partial charge in [0.2, 0.25) is 0 Å². The topological polar surface area (TPSA) is 37.8 Å². The zero-order chi connectivity index (χ0) is 12.1. The number of nitrogens with one attached hydrogen (secondary N) is 1. The molecule has 0 amide bonds. The Kier molecular flexibility index (Phi) is 4.09. The van der Waals surface area contributed by atoms with Crippen LogP contribution in [0.5, 0.6) is 0 Å². The molecule has 0 unspecified atom stereocenters. The predicted octanol–water partition coefficient (Wildman–Crippen LogP) is 3.28. The molecule has 17 heavy (non-hydrogen) atoms. The van der Waals surface area contributed by atoms with Crippen LogP contribution in [0.3, 0.4) is 0 Å². The van der Waals surface area contributed by atoms with Crippen LogP contribution in [0.1, 0.15) is 30.8 Å². The van der Waals surface area contributed by atoms with Crippen molar-refractivity contribution < 1.29 is 0 Å². The Morgan fingerprint density at radius 1 is 1.29 bits per heavy atom. The third-order valence-electron chi connectivity index (χ3n) is 2.69. The van der Waals surface area contributed by atoms with E-state index in [1.807, 2.05) is 12.3 Å².